The summed E-state index contributed by atoms with van der Waals surface area (Å²) in [6.07, 6.45) is 1.31. The Bertz CT molecular complexity index is 538. The molecule has 0 unspecified atom stereocenters. The number of methoxy groups -OCH3 is 1. The fourth-order valence-electron chi connectivity index (χ4n) is 1.57. The first-order valence-corrected chi connectivity index (χ1v) is 5.05. The van der Waals surface area contributed by atoms with Crippen LogP contribution in [0.3, 0.4) is 0 Å². The van der Waals surface area contributed by atoms with Crippen LogP contribution in [0.25, 0.3) is 11.1 Å². The van der Waals surface area contributed by atoms with Gasteiger partial charge in [-0.05, 0) is 5.56 Å². The molecule has 1 N–H and O–H groups in total. The molecule has 0 bridgehead atoms. The van der Waals surface area contributed by atoms with Crippen LogP contribution in [-0.2, 0) is 0 Å². The van der Waals surface area contributed by atoms with Crippen molar-refractivity contribution in [3.8, 4) is 17.0 Å². The van der Waals surface area contributed by atoms with E-state index in [1.807, 2.05) is 30.3 Å². The van der Waals surface area contributed by atoms with E-state index in [0.29, 0.717) is 11.4 Å². The summed E-state index contributed by atoms with van der Waals surface area (Å²) in [6, 6.07) is 10.9. The second-order valence-corrected chi connectivity index (χ2v) is 3.44. The Hall–Kier alpha value is -2.36. The van der Waals surface area contributed by atoms with E-state index in [1.54, 1.807) is 6.07 Å². The lowest BCUT2D eigenvalue weighted by Gasteiger charge is -2.07. The smallest absolute Gasteiger partial charge is 0.337 e. The summed E-state index contributed by atoms with van der Waals surface area (Å²) in [5.41, 5.74) is 1.59. The highest BCUT2D eigenvalue weighted by Crippen LogP contribution is 2.26. The number of carboxylic acid groups (broad SMARTS) is 1. The van der Waals surface area contributed by atoms with Gasteiger partial charge in [0.2, 0.25) is 5.88 Å². The van der Waals surface area contributed by atoms with Gasteiger partial charge in [-0.25, -0.2) is 9.78 Å². The Kier molecular flexibility index (Phi) is 3.05. The molecule has 0 aliphatic carbocycles. The van der Waals surface area contributed by atoms with Crippen LogP contribution in [-0.4, -0.2) is 23.2 Å². The maximum absolute atomic E-state index is 11.1. The standard InChI is InChI=1S/C13H11NO3/c1-17-12-7-10(9-5-3-2-4-6-9)11(8-14-12)13(15)16/h2-8H,1H3,(H,15,16). The molecule has 0 saturated heterocycles. The van der Waals surface area contributed by atoms with Crippen LogP contribution < -0.4 is 4.74 Å². The molecular weight excluding hydrogens is 218 g/mol. The predicted molar refractivity (Wildman–Crippen MR) is 63.2 cm³/mol. The van der Waals surface area contributed by atoms with Gasteiger partial charge in [-0.15, -0.1) is 0 Å². The summed E-state index contributed by atoms with van der Waals surface area (Å²) in [6.45, 7) is 0. The van der Waals surface area contributed by atoms with E-state index < -0.39 is 5.97 Å². The summed E-state index contributed by atoms with van der Waals surface area (Å²) >= 11 is 0. The van der Waals surface area contributed by atoms with Crippen LogP contribution in [0.1, 0.15) is 10.4 Å². The fraction of sp³-hybridized carbons (Fsp3) is 0.0769. The third-order valence-corrected chi connectivity index (χ3v) is 2.40. The number of benzene rings is 1. The molecule has 2 aromatic rings. The van der Waals surface area contributed by atoms with Gasteiger partial charge in [0.15, 0.2) is 0 Å². The number of carboxylic acids is 1. The molecule has 0 radical (unpaired) electrons. The molecule has 0 fully saturated rings. The van der Waals surface area contributed by atoms with Gasteiger partial charge in [0.1, 0.15) is 0 Å². The molecule has 0 aliphatic rings. The molecule has 4 nitrogen and oxygen atoms in total. The number of rotatable bonds is 3. The van der Waals surface area contributed by atoms with Crippen LogP contribution in [0.4, 0.5) is 0 Å². The molecule has 0 atom stereocenters. The van der Waals surface area contributed by atoms with Crippen molar-refractivity contribution >= 4 is 5.97 Å². The van der Waals surface area contributed by atoms with Crippen LogP contribution >= 0.6 is 0 Å². The van der Waals surface area contributed by atoms with Crippen molar-refractivity contribution < 1.29 is 14.6 Å². The molecular formula is C13H11NO3. The van der Waals surface area contributed by atoms with Crippen molar-refractivity contribution in [1.29, 1.82) is 0 Å². The molecule has 0 aliphatic heterocycles. The van der Waals surface area contributed by atoms with Gasteiger partial charge in [0.05, 0.1) is 12.7 Å². The quantitative estimate of drug-likeness (QED) is 0.878. The maximum atomic E-state index is 11.1. The van der Waals surface area contributed by atoms with Crippen LogP contribution in [0, 0.1) is 0 Å². The van der Waals surface area contributed by atoms with Crippen molar-refractivity contribution in [3.63, 3.8) is 0 Å². The monoisotopic (exact) mass is 229 g/mol. The van der Waals surface area contributed by atoms with E-state index >= 15 is 0 Å². The molecule has 2 rings (SSSR count). The number of nitrogens with zero attached hydrogens (tertiary/aromatic N) is 1. The fourth-order valence-corrected chi connectivity index (χ4v) is 1.57. The Morgan fingerprint density at radius 2 is 2.00 bits per heavy atom. The van der Waals surface area contributed by atoms with Gasteiger partial charge in [-0.2, -0.15) is 0 Å². The molecule has 1 aromatic carbocycles. The van der Waals surface area contributed by atoms with Crippen molar-refractivity contribution in [2.75, 3.05) is 7.11 Å². The van der Waals surface area contributed by atoms with Crippen molar-refractivity contribution in [1.82, 2.24) is 4.98 Å². The minimum absolute atomic E-state index is 0.164. The van der Waals surface area contributed by atoms with Crippen molar-refractivity contribution in [3.05, 3.63) is 48.2 Å². The summed E-state index contributed by atoms with van der Waals surface area (Å²) in [5.74, 6) is -0.604. The summed E-state index contributed by atoms with van der Waals surface area (Å²) in [5, 5.41) is 9.11. The van der Waals surface area contributed by atoms with Gasteiger partial charge in [0, 0.05) is 17.8 Å². The van der Waals surface area contributed by atoms with Crippen molar-refractivity contribution in [2.45, 2.75) is 0 Å². The van der Waals surface area contributed by atoms with Crippen LogP contribution in [0.15, 0.2) is 42.6 Å². The minimum atomic E-state index is -1.00. The number of hydrogen-bond acceptors (Lipinski definition) is 3. The third kappa shape index (κ3) is 2.25. The number of carbonyl (C=O) groups is 1. The van der Waals surface area contributed by atoms with Gasteiger partial charge >= 0.3 is 5.97 Å². The number of aromatic carboxylic acids is 1. The zero-order valence-electron chi connectivity index (χ0n) is 9.25. The van der Waals surface area contributed by atoms with Crippen LogP contribution in [0.2, 0.25) is 0 Å². The second-order valence-electron chi connectivity index (χ2n) is 3.44. The summed E-state index contributed by atoms with van der Waals surface area (Å²) < 4.78 is 5.01. The molecule has 1 aromatic heterocycles. The SMILES string of the molecule is COc1cc(-c2ccccc2)c(C(=O)O)cn1. The lowest BCUT2D eigenvalue weighted by atomic mass is 10.0. The lowest BCUT2D eigenvalue weighted by Crippen LogP contribution is -2.01. The molecule has 0 amide bonds. The largest absolute Gasteiger partial charge is 0.481 e. The lowest BCUT2D eigenvalue weighted by molar-refractivity contribution is 0.0697. The first-order chi connectivity index (χ1) is 8.22. The van der Waals surface area contributed by atoms with Crippen LogP contribution in [0.5, 0.6) is 5.88 Å². The number of ether oxygens (including phenoxy) is 1. The highest BCUT2D eigenvalue weighted by Gasteiger charge is 2.13. The topological polar surface area (TPSA) is 59.4 Å². The number of hydrogen-bond donors (Lipinski definition) is 1. The molecule has 86 valence electrons. The zero-order chi connectivity index (χ0) is 12.3. The van der Waals surface area contributed by atoms with E-state index in [9.17, 15) is 4.79 Å². The van der Waals surface area contributed by atoms with E-state index in [1.165, 1.54) is 13.3 Å². The Labute approximate surface area is 98.5 Å². The molecule has 0 spiro atoms. The summed E-state index contributed by atoms with van der Waals surface area (Å²) in [7, 11) is 1.50. The molecule has 17 heavy (non-hydrogen) atoms. The number of pyridine rings is 1. The Balaban J connectivity index is 2.61. The average Bonchev–Trinajstić information content (AvgIpc) is 2.39. The first-order valence-electron chi connectivity index (χ1n) is 5.05. The molecule has 4 heteroatoms. The third-order valence-electron chi connectivity index (χ3n) is 2.40. The van der Waals surface area contributed by atoms with Gasteiger partial charge in [0.25, 0.3) is 0 Å². The van der Waals surface area contributed by atoms with Gasteiger partial charge in [-0.1, -0.05) is 30.3 Å². The van der Waals surface area contributed by atoms with Gasteiger partial charge in [-0.3, -0.25) is 0 Å². The van der Waals surface area contributed by atoms with E-state index in [2.05, 4.69) is 4.98 Å². The molecule has 0 saturated carbocycles. The second kappa shape index (κ2) is 4.65. The normalized spacial score (nSPS) is 9.94. The minimum Gasteiger partial charge on any atom is -0.481 e. The first kappa shape index (κ1) is 11.1. The molecule has 1 heterocycles. The highest BCUT2D eigenvalue weighted by molar-refractivity contribution is 5.95. The van der Waals surface area contributed by atoms with E-state index in [0.717, 1.165) is 5.56 Å². The highest BCUT2D eigenvalue weighted by atomic mass is 16.5. The Morgan fingerprint density at radius 1 is 1.29 bits per heavy atom. The average molecular weight is 229 g/mol. The van der Waals surface area contributed by atoms with Crippen molar-refractivity contribution in [2.24, 2.45) is 0 Å². The predicted octanol–water partition coefficient (Wildman–Crippen LogP) is 2.46. The van der Waals surface area contributed by atoms with E-state index in [-0.39, 0.29) is 5.56 Å². The number of aromatic nitrogens is 1. The van der Waals surface area contributed by atoms with Gasteiger partial charge < -0.3 is 9.84 Å². The zero-order valence-corrected chi connectivity index (χ0v) is 9.25. The summed E-state index contributed by atoms with van der Waals surface area (Å²) in [4.78, 5) is 15.0. The maximum Gasteiger partial charge on any atom is 0.337 e. The Morgan fingerprint density at radius 3 is 2.59 bits per heavy atom. The van der Waals surface area contributed by atoms with E-state index in [4.69, 9.17) is 9.84 Å².